The summed E-state index contributed by atoms with van der Waals surface area (Å²) >= 11 is 0. The van der Waals surface area contributed by atoms with Crippen molar-refractivity contribution in [1.29, 1.82) is 5.26 Å². The first-order valence-corrected chi connectivity index (χ1v) is 6.48. The Morgan fingerprint density at radius 2 is 2.00 bits per heavy atom. The molecule has 1 aliphatic rings. The van der Waals surface area contributed by atoms with E-state index in [9.17, 15) is 4.39 Å². The third-order valence-electron chi connectivity index (χ3n) is 3.21. The predicted molar refractivity (Wildman–Crippen MR) is 70.0 cm³/mol. The molecule has 4 nitrogen and oxygen atoms in total. The van der Waals surface area contributed by atoms with E-state index in [1.165, 1.54) is 12.1 Å². The molecule has 0 aromatic heterocycles. The van der Waals surface area contributed by atoms with E-state index in [-0.39, 0.29) is 11.9 Å². The van der Waals surface area contributed by atoms with E-state index in [0.29, 0.717) is 0 Å². The summed E-state index contributed by atoms with van der Waals surface area (Å²) in [7, 11) is 0. The van der Waals surface area contributed by atoms with Gasteiger partial charge in [0.15, 0.2) is 0 Å². The number of nitrogens with zero attached hydrogens (tertiary/aromatic N) is 2. The van der Waals surface area contributed by atoms with Gasteiger partial charge in [0, 0.05) is 26.2 Å². The topological polar surface area (TPSA) is 48.3 Å². The highest BCUT2D eigenvalue weighted by Crippen LogP contribution is 2.12. The molecule has 0 amide bonds. The van der Waals surface area contributed by atoms with Crippen molar-refractivity contribution >= 4 is 0 Å². The fraction of sp³-hybridized carbons (Fsp3) is 0.500. The van der Waals surface area contributed by atoms with Crippen LogP contribution < -0.4 is 5.32 Å². The Kier molecular flexibility index (Phi) is 5.28. The molecule has 1 unspecified atom stereocenters. The van der Waals surface area contributed by atoms with Crippen LogP contribution in [0.1, 0.15) is 11.6 Å². The van der Waals surface area contributed by atoms with Crippen LogP contribution in [0.3, 0.4) is 0 Å². The summed E-state index contributed by atoms with van der Waals surface area (Å²) in [6.45, 7) is 5.06. The number of morpholine rings is 1. The molecule has 1 aromatic carbocycles. The molecule has 1 heterocycles. The summed E-state index contributed by atoms with van der Waals surface area (Å²) in [6.07, 6.45) is 0. The summed E-state index contributed by atoms with van der Waals surface area (Å²) in [6, 6.07) is 7.86. The van der Waals surface area contributed by atoms with Gasteiger partial charge in [-0.25, -0.2) is 4.39 Å². The third kappa shape index (κ3) is 4.28. The number of nitriles is 1. The highest BCUT2D eigenvalue weighted by Gasteiger charge is 2.12. The van der Waals surface area contributed by atoms with Crippen LogP contribution >= 0.6 is 0 Å². The first kappa shape index (κ1) is 13.9. The van der Waals surface area contributed by atoms with Crippen molar-refractivity contribution < 1.29 is 9.13 Å². The van der Waals surface area contributed by atoms with Gasteiger partial charge in [-0.3, -0.25) is 10.2 Å². The second-order valence-corrected chi connectivity index (χ2v) is 4.52. The van der Waals surface area contributed by atoms with Crippen LogP contribution in [0, 0.1) is 17.1 Å². The van der Waals surface area contributed by atoms with Crippen LogP contribution in [0.2, 0.25) is 0 Å². The average molecular weight is 263 g/mol. The fourth-order valence-electron chi connectivity index (χ4n) is 2.09. The van der Waals surface area contributed by atoms with E-state index in [2.05, 4.69) is 16.3 Å². The van der Waals surface area contributed by atoms with Gasteiger partial charge in [0.05, 0.1) is 19.3 Å². The van der Waals surface area contributed by atoms with Crippen molar-refractivity contribution in [2.24, 2.45) is 0 Å². The zero-order chi connectivity index (χ0) is 13.5. The SMILES string of the molecule is N#CC(NCCN1CCOCC1)c1ccc(F)cc1. The number of rotatable bonds is 5. The maximum absolute atomic E-state index is 12.8. The Balaban J connectivity index is 1.79. The molecule has 1 saturated heterocycles. The Morgan fingerprint density at radius 3 is 2.63 bits per heavy atom. The maximum atomic E-state index is 12.8. The maximum Gasteiger partial charge on any atom is 0.123 e. The van der Waals surface area contributed by atoms with Crippen molar-refractivity contribution in [3.05, 3.63) is 35.6 Å². The molecule has 102 valence electrons. The van der Waals surface area contributed by atoms with Crippen LogP contribution in [0.15, 0.2) is 24.3 Å². The standard InChI is InChI=1S/C14H18FN3O/c15-13-3-1-12(2-4-13)14(11-16)17-5-6-18-7-9-19-10-8-18/h1-4,14,17H,5-10H2. The molecule has 1 atom stereocenters. The Bertz CT molecular complexity index is 423. The monoisotopic (exact) mass is 263 g/mol. The molecule has 0 spiro atoms. The van der Waals surface area contributed by atoms with Crippen LogP contribution in [-0.2, 0) is 4.74 Å². The molecular weight excluding hydrogens is 245 g/mol. The van der Waals surface area contributed by atoms with Crippen molar-refractivity contribution in [1.82, 2.24) is 10.2 Å². The van der Waals surface area contributed by atoms with Crippen LogP contribution in [0.25, 0.3) is 0 Å². The molecular formula is C14H18FN3O. The molecule has 0 saturated carbocycles. The zero-order valence-electron chi connectivity index (χ0n) is 10.8. The predicted octanol–water partition coefficient (Wildman–Crippen LogP) is 1.31. The molecule has 0 bridgehead atoms. The summed E-state index contributed by atoms with van der Waals surface area (Å²) in [5, 5.41) is 12.3. The van der Waals surface area contributed by atoms with Gasteiger partial charge in [-0.2, -0.15) is 5.26 Å². The minimum absolute atomic E-state index is 0.284. The van der Waals surface area contributed by atoms with Gasteiger partial charge in [0.2, 0.25) is 0 Å². The van der Waals surface area contributed by atoms with Gasteiger partial charge in [0.1, 0.15) is 11.9 Å². The minimum Gasteiger partial charge on any atom is -0.379 e. The molecule has 19 heavy (non-hydrogen) atoms. The Morgan fingerprint density at radius 1 is 1.32 bits per heavy atom. The highest BCUT2D eigenvalue weighted by atomic mass is 19.1. The molecule has 2 rings (SSSR count). The van der Waals surface area contributed by atoms with Gasteiger partial charge in [-0.1, -0.05) is 12.1 Å². The lowest BCUT2D eigenvalue weighted by molar-refractivity contribution is 0.0383. The number of hydrogen-bond acceptors (Lipinski definition) is 4. The van der Waals surface area contributed by atoms with Crippen LogP contribution in [0.5, 0.6) is 0 Å². The summed E-state index contributed by atoms with van der Waals surface area (Å²) in [5.41, 5.74) is 0.797. The third-order valence-corrected chi connectivity index (χ3v) is 3.21. The normalized spacial score (nSPS) is 17.9. The van der Waals surface area contributed by atoms with Gasteiger partial charge in [0.25, 0.3) is 0 Å². The number of halogens is 1. The first-order chi connectivity index (χ1) is 9.29. The molecule has 1 aromatic rings. The van der Waals surface area contributed by atoms with E-state index in [1.807, 2.05) is 0 Å². The van der Waals surface area contributed by atoms with E-state index in [4.69, 9.17) is 10.00 Å². The summed E-state index contributed by atoms with van der Waals surface area (Å²) < 4.78 is 18.1. The lowest BCUT2D eigenvalue weighted by Gasteiger charge is -2.27. The fourth-order valence-corrected chi connectivity index (χ4v) is 2.09. The smallest absolute Gasteiger partial charge is 0.123 e. The number of benzene rings is 1. The quantitative estimate of drug-likeness (QED) is 0.870. The lowest BCUT2D eigenvalue weighted by Crippen LogP contribution is -2.40. The lowest BCUT2D eigenvalue weighted by atomic mass is 10.1. The summed E-state index contributed by atoms with van der Waals surface area (Å²) in [4.78, 5) is 2.30. The van der Waals surface area contributed by atoms with Crippen LogP contribution in [-0.4, -0.2) is 44.3 Å². The Hall–Kier alpha value is -1.48. The van der Waals surface area contributed by atoms with Gasteiger partial charge >= 0.3 is 0 Å². The van der Waals surface area contributed by atoms with Crippen LogP contribution in [0.4, 0.5) is 4.39 Å². The van der Waals surface area contributed by atoms with Crippen molar-refractivity contribution in [2.45, 2.75) is 6.04 Å². The van der Waals surface area contributed by atoms with Crippen molar-refractivity contribution in [2.75, 3.05) is 39.4 Å². The first-order valence-electron chi connectivity index (χ1n) is 6.48. The second-order valence-electron chi connectivity index (χ2n) is 4.52. The highest BCUT2D eigenvalue weighted by molar-refractivity contribution is 5.24. The van der Waals surface area contributed by atoms with Gasteiger partial charge in [-0.15, -0.1) is 0 Å². The van der Waals surface area contributed by atoms with E-state index < -0.39 is 0 Å². The average Bonchev–Trinajstić information content (AvgIpc) is 2.46. The van der Waals surface area contributed by atoms with Gasteiger partial charge in [-0.05, 0) is 17.7 Å². The van der Waals surface area contributed by atoms with E-state index >= 15 is 0 Å². The van der Waals surface area contributed by atoms with Crippen molar-refractivity contribution in [3.63, 3.8) is 0 Å². The minimum atomic E-state index is -0.387. The van der Waals surface area contributed by atoms with Gasteiger partial charge < -0.3 is 4.74 Å². The number of nitrogens with one attached hydrogen (secondary N) is 1. The molecule has 1 N–H and O–H groups in total. The number of hydrogen-bond donors (Lipinski definition) is 1. The molecule has 0 aliphatic carbocycles. The molecule has 5 heteroatoms. The Labute approximate surface area is 112 Å². The van der Waals surface area contributed by atoms with E-state index in [1.54, 1.807) is 12.1 Å². The molecule has 1 aliphatic heterocycles. The zero-order valence-corrected chi connectivity index (χ0v) is 10.8. The largest absolute Gasteiger partial charge is 0.379 e. The van der Waals surface area contributed by atoms with E-state index in [0.717, 1.165) is 45.0 Å². The molecule has 0 radical (unpaired) electrons. The number of ether oxygens (including phenoxy) is 1. The second kappa shape index (κ2) is 7.19. The molecule has 1 fully saturated rings. The van der Waals surface area contributed by atoms with Crippen molar-refractivity contribution in [3.8, 4) is 6.07 Å². The summed E-state index contributed by atoms with van der Waals surface area (Å²) in [5.74, 6) is -0.284.